The number of nitrogens with zero attached hydrogens (tertiary/aromatic N) is 5. The van der Waals surface area contributed by atoms with Gasteiger partial charge in [0.05, 0.1) is 29.7 Å². The van der Waals surface area contributed by atoms with Crippen molar-refractivity contribution in [2.24, 2.45) is 5.92 Å². The molecular weight excluding hydrogens is 435 g/mol. The summed E-state index contributed by atoms with van der Waals surface area (Å²) in [6.45, 7) is 6.52. The van der Waals surface area contributed by atoms with Gasteiger partial charge in [-0.1, -0.05) is 13.8 Å². The molecule has 1 saturated heterocycles. The minimum atomic E-state index is -4.38. The predicted octanol–water partition coefficient (Wildman–Crippen LogP) is 4.41. The smallest absolute Gasteiger partial charge is 0.346 e. The molecule has 2 aromatic heterocycles. The molecule has 0 radical (unpaired) electrons. The molecule has 2 amide bonds. The molecular formula is C22H24F3N7O. The van der Waals surface area contributed by atoms with Crippen molar-refractivity contribution in [3.05, 3.63) is 60.3 Å². The van der Waals surface area contributed by atoms with Crippen molar-refractivity contribution in [2.45, 2.75) is 39.0 Å². The summed E-state index contributed by atoms with van der Waals surface area (Å²) in [6, 6.07) is 6.07. The Kier molecular flexibility index (Phi) is 5.96. The quantitative estimate of drug-likeness (QED) is 0.570. The Morgan fingerprint density at radius 1 is 1.12 bits per heavy atom. The van der Waals surface area contributed by atoms with E-state index < -0.39 is 11.7 Å². The second-order valence-corrected chi connectivity index (χ2v) is 8.22. The number of carbonyl (C=O) groups excluding carboxylic acids is 1. The highest BCUT2D eigenvalue weighted by Crippen LogP contribution is 2.30. The average Bonchev–Trinajstić information content (AvgIpc) is 3.41. The second kappa shape index (κ2) is 8.72. The summed E-state index contributed by atoms with van der Waals surface area (Å²) in [5.41, 5.74) is 0.514. The summed E-state index contributed by atoms with van der Waals surface area (Å²) >= 11 is 0. The van der Waals surface area contributed by atoms with E-state index in [0.29, 0.717) is 29.7 Å². The van der Waals surface area contributed by atoms with Gasteiger partial charge in [0.2, 0.25) is 5.95 Å². The van der Waals surface area contributed by atoms with Crippen molar-refractivity contribution in [2.75, 3.05) is 16.8 Å². The summed E-state index contributed by atoms with van der Waals surface area (Å²) in [6.07, 6.45) is 0.472. The molecule has 0 saturated carbocycles. The molecule has 1 aliphatic heterocycles. The van der Waals surface area contributed by atoms with E-state index in [4.69, 9.17) is 0 Å². The van der Waals surface area contributed by atoms with Crippen molar-refractivity contribution in [1.29, 1.82) is 0 Å². The molecule has 8 nitrogen and oxygen atoms in total. The van der Waals surface area contributed by atoms with E-state index in [9.17, 15) is 18.0 Å². The van der Waals surface area contributed by atoms with E-state index in [1.165, 1.54) is 18.5 Å². The first-order valence-corrected chi connectivity index (χ1v) is 10.5. The number of nitrogens with one attached hydrogen (secondary N) is 2. The lowest BCUT2D eigenvalue weighted by molar-refractivity contribution is -0.137. The minimum absolute atomic E-state index is 0.00268. The van der Waals surface area contributed by atoms with Crippen LogP contribution in [-0.4, -0.2) is 38.1 Å². The molecule has 0 spiro atoms. The fourth-order valence-electron chi connectivity index (χ4n) is 3.67. The first-order valence-electron chi connectivity index (χ1n) is 10.5. The third-order valence-corrected chi connectivity index (χ3v) is 5.55. The van der Waals surface area contributed by atoms with E-state index >= 15 is 0 Å². The van der Waals surface area contributed by atoms with Crippen LogP contribution in [-0.2, 0) is 6.18 Å². The summed E-state index contributed by atoms with van der Waals surface area (Å²) in [5, 5.41) is 6.02. The van der Waals surface area contributed by atoms with E-state index in [2.05, 4.69) is 25.6 Å². The highest BCUT2D eigenvalue weighted by molar-refractivity contribution is 5.94. The van der Waals surface area contributed by atoms with Crippen LogP contribution >= 0.6 is 0 Å². The van der Waals surface area contributed by atoms with Crippen LogP contribution in [0.15, 0.2) is 49.1 Å². The van der Waals surface area contributed by atoms with E-state index in [0.717, 1.165) is 12.1 Å². The van der Waals surface area contributed by atoms with Crippen LogP contribution in [0.3, 0.4) is 0 Å². The molecule has 3 heterocycles. The van der Waals surface area contributed by atoms with E-state index in [-0.39, 0.29) is 24.0 Å². The van der Waals surface area contributed by atoms with Gasteiger partial charge >= 0.3 is 12.2 Å². The number of imidazole rings is 1. The van der Waals surface area contributed by atoms with Gasteiger partial charge < -0.3 is 15.2 Å². The molecule has 2 N–H and O–H groups in total. The number of hydrogen-bond acceptors (Lipinski definition) is 5. The van der Waals surface area contributed by atoms with Crippen LogP contribution in [0.2, 0.25) is 0 Å². The third-order valence-electron chi connectivity index (χ3n) is 5.55. The molecule has 1 unspecified atom stereocenters. The summed E-state index contributed by atoms with van der Waals surface area (Å²) in [4.78, 5) is 27.1. The molecule has 0 aliphatic carbocycles. The van der Waals surface area contributed by atoms with Crippen LogP contribution in [0.1, 0.15) is 38.1 Å². The van der Waals surface area contributed by atoms with Gasteiger partial charge in [-0.05, 0) is 43.2 Å². The Hall–Kier alpha value is -3.63. The predicted molar refractivity (Wildman–Crippen MR) is 117 cm³/mol. The molecule has 33 heavy (non-hydrogen) atoms. The molecule has 3 aromatic rings. The fourth-order valence-corrected chi connectivity index (χ4v) is 3.67. The highest BCUT2D eigenvalue weighted by Gasteiger charge is 2.35. The number of rotatable bonds is 6. The number of halogens is 3. The zero-order valence-corrected chi connectivity index (χ0v) is 18.3. The van der Waals surface area contributed by atoms with Gasteiger partial charge in [-0.3, -0.25) is 4.90 Å². The normalized spacial score (nSPS) is 17.4. The second-order valence-electron chi connectivity index (χ2n) is 8.22. The van der Waals surface area contributed by atoms with Crippen molar-refractivity contribution in [3.63, 3.8) is 0 Å². The van der Waals surface area contributed by atoms with Gasteiger partial charge in [0.15, 0.2) is 0 Å². The Bertz CT molecular complexity index is 1130. The Balaban J connectivity index is 1.48. The SMILES string of the molecule is CC(C)C1CNC(=O)N1c1ccnc(N[C@@H](C)c2cn(-c3ccc(C(F)(F)F)cc3)cn2)n1. The van der Waals surface area contributed by atoms with E-state index in [1.807, 2.05) is 20.8 Å². The summed E-state index contributed by atoms with van der Waals surface area (Å²) in [7, 11) is 0. The summed E-state index contributed by atoms with van der Waals surface area (Å²) in [5.74, 6) is 1.10. The molecule has 11 heteroatoms. The molecule has 4 rings (SSSR count). The monoisotopic (exact) mass is 459 g/mol. The first-order chi connectivity index (χ1) is 15.6. The Morgan fingerprint density at radius 3 is 2.52 bits per heavy atom. The van der Waals surface area contributed by atoms with Crippen molar-refractivity contribution in [3.8, 4) is 5.69 Å². The van der Waals surface area contributed by atoms with Crippen LogP contribution < -0.4 is 15.5 Å². The fraction of sp³-hybridized carbons (Fsp3) is 0.364. The molecule has 174 valence electrons. The number of aromatic nitrogens is 4. The standard InChI is InChI=1S/C22H24F3N7O/c1-13(2)18-10-27-21(33)32(18)19-8-9-26-20(30-19)29-14(3)17-11-31(12-28-17)16-6-4-15(5-7-16)22(23,24)25/h4-9,11-14,18H,10H2,1-3H3,(H,27,33)(H,26,29,30)/t14-,18?/m0/s1. The Morgan fingerprint density at radius 2 is 1.85 bits per heavy atom. The first kappa shape index (κ1) is 22.6. The average molecular weight is 459 g/mol. The maximum Gasteiger partial charge on any atom is 0.416 e. The number of amides is 2. The number of hydrogen-bond donors (Lipinski definition) is 2. The van der Waals surface area contributed by atoms with Crippen molar-refractivity contribution < 1.29 is 18.0 Å². The van der Waals surface area contributed by atoms with Crippen LogP contribution in [0.4, 0.5) is 29.7 Å². The van der Waals surface area contributed by atoms with Gasteiger partial charge in [0.25, 0.3) is 0 Å². The number of anilines is 2. The molecule has 2 atom stereocenters. The number of urea groups is 1. The molecule has 0 bridgehead atoms. The lowest BCUT2D eigenvalue weighted by Crippen LogP contribution is -2.38. The van der Waals surface area contributed by atoms with Gasteiger partial charge in [-0.25, -0.2) is 14.8 Å². The van der Waals surface area contributed by atoms with E-state index in [1.54, 1.807) is 27.9 Å². The number of alkyl halides is 3. The van der Waals surface area contributed by atoms with Crippen molar-refractivity contribution >= 4 is 17.8 Å². The third kappa shape index (κ3) is 4.76. The maximum absolute atomic E-state index is 12.8. The van der Waals surface area contributed by atoms with Crippen LogP contribution in [0, 0.1) is 5.92 Å². The van der Waals surface area contributed by atoms with Gasteiger partial charge in [-0.15, -0.1) is 0 Å². The zero-order chi connectivity index (χ0) is 23.8. The molecule has 1 aromatic carbocycles. The van der Waals surface area contributed by atoms with Gasteiger partial charge in [-0.2, -0.15) is 18.2 Å². The topological polar surface area (TPSA) is 88.0 Å². The minimum Gasteiger partial charge on any atom is -0.346 e. The van der Waals surface area contributed by atoms with Crippen LogP contribution in [0.25, 0.3) is 5.69 Å². The zero-order valence-electron chi connectivity index (χ0n) is 18.3. The summed E-state index contributed by atoms with van der Waals surface area (Å²) < 4.78 is 40.0. The maximum atomic E-state index is 12.8. The molecule has 1 aliphatic rings. The van der Waals surface area contributed by atoms with Crippen molar-refractivity contribution in [1.82, 2.24) is 24.8 Å². The lowest BCUT2D eigenvalue weighted by Gasteiger charge is -2.25. The number of carbonyl (C=O) groups is 1. The lowest BCUT2D eigenvalue weighted by atomic mass is 10.0. The van der Waals surface area contributed by atoms with Crippen LogP contribution in [0.5, 0.6) is 0 Å². The molecule has 1 fully saturated rings. The Labute approximate surface area is 188 Å². The highest BCUT2D eigenvalue weighted by atomic mass is 19.4. The van der Waals surface area contributed by atoms with Gasteiger partial charge in [0, 0.05) is 24.6 Å². The number of benzene rings is 1. The largest absolute Gasteiger partial charge is 0.416 e. The van der Waals surface area contributed by atoms with Gasteiger partial charge in [0.1, 0.15) is 5.82 Å².